The number of ketones is 1. The van der Waals surface area contributed by atoms with Gasteiger partial charge in [0, 0.05) is 6.42 Å². The van der Waals surface area contributed by atoms with E-state index >= 15 is 0 Å². The van der Waals surface area contributed by atoms with Gasteiger partial charge < -0.3 is 0 Å². The van der Waals surface area contributed by atoms with Gasteiger partial charge in [-0.3, -0.25) is 4.79 Å². The molecule has 0 spiro atoms. The molecule has 4 heteroatoms. The van der Waals surface area contributed by atoms with Gasteiger partial charge >= 0.3 is 6.18 Å². The average molecular weight is 210 g/mol. The van der Waals surface area contributed by atoms with Crippen LogP contribution >= 0.6 is 0 Å². The average Bonchev–Trinajstić information content (AvgIpc) is 2.10. The van der Waals surface area contributed by atoms with Crippen LogP contribution < -0.4 is 0 Å². The van der Waals surface area contributed by atoms with Gasteiger partial charge in [-0.05, 0) is 13.3 Å². The highest BCUT2D eigenvalue weighted by molar-refractivity contribution is 5.84. The van der Waals surface area contributed by atoms with E-state index in [0.29, 0.717) is 12.8 Å². The Morgan fingerprint density at radius 2 is 1.71 bits per heavy atom. The van der Waals surface area contributed by atoms with Gasteiger partial charge in [-0.15, -0.1) is 0 Å². The summed E-state index contributed by atoms with van der Waals surface area (Å²) < 4.78 is 37.9. The predicted octanol–water partition coefficient (Wildman–Crippen LogP) is 3.72. The summed E-state index contributed by atoms with van der Waals surface area (Å²) in [6.45, 7) is 4.29. The van der Waals surface area contributed by atoms with E-state index < -0.39 is 17.4 Å². The van der Waals surface area contributed by atoms with Crippen LogP contribution in [0.1, 0.15) is 46.5 Å². The molecule has 0 aromatic rings. The van der Waals surface area contributed by atoms with Crippen LogP contribution in [0, 0.1) is 5.41 Å². The molecule has 0 N–H and O–H groups in total. The summed E-state index contributed by atoms with van der Waals surface area (Å²) in [6, 6.07) is 0. The molecule has 0 aliphatic carbocycles. The van der Waals surface area contributed by atoms with Crippen LogP contribution in [0.5, 0.6) is 0 Å². The zero-order valence-corrected chi connectivity index (χ0v) is 8.87. The van der Waals surface area contributed by atoms with Crippen molar-refractivity contribution in [3.8, 4) is 0 Å². The van der Waals surface area contributed by atoms with Crippen molar-refractivity contribution >= 4 is 5.78 Å². The molecule has 0 fully saturated rings. The smallest absolute Gasteiger partial charge is 0.299 e. The molecule has 0 amide bonds. The number of rotatable bonds is 5. The fraction of sp³-hybridized carbons (Fsp3) is 0.900. The molecule has 1 nitrogen and oxygen atoms in total. The molecule has 0 aromatic heterocycles. The van der Waals surface area contributed by atoms with Crippen LogP contribution in [0.2, 0.25) is 0 Å². The summed E-state index contributed by atoms with van der Waals surface area (Å²) in [7, 11) is 0. The molecule has 0 aliphatic rings. The van der Waals surface area contributed by atoms with Crippen molar-refractivity contribution < 1.29 is 18.0 Å². The summed E-state index contributed by atoms with van der Waals surface area (Å²) in [5, 5.41) is 0. The van der Waals surface area contributed by atoms with Crippen LogP contribution in [0.25, 0.3) is 0 Å². The zero-order chi connectivity index (χ0) is 11.4. The molecule has 0 heterocycles. The highest BCUT2D eigenvalue weighted by Crippen LogP contribution is 2.43. The second-order valence-corrected chi connectivity index (χ2v) is 3.71. The van der Waals surface area contributed by atoms with Crippen molar-refractivity contribution in [3.05, 3.63) is 0 Å². The van der Waals surface area contributed by atoms with Crippen LogP contribution in [-0.4, -0.2) is 12.0 Å². The summed E-state index contributed by atoms with van der Waals surface area (Å²) in [5.74, 6) is -0.710. The van der Waals surface area contributed by atoms with E-state index in [1.165, 1.54) is 6.92 Å². The molecule has 0 saturated heterocycles. The Morgan fingerprint density at radius 1 is 1.21 bits per heavy atom. The number of hydrogen-bond acceptors (Lipinski definition) is 1. The Bertz CT molecular complexity index is 198. The van der Waals surface area contributed by atoms with E-state index in [2.05, 4.69) is 0 Å². The molecular formula is C10H17F3O. The van der Waals surface area contributed by atoms with Gasteiger partial charge in [0.25, 0.3) is 0 Å². The predicted molar refractivity (Wildman–Crippen MR) is 49.0 cm³/mol. The first-order chi connectivity index (χ1) is 6.29. The Kier molecular flexibility index (Phi) is 4.62. The monoisotopic (exact) mass is 210 g/mol. The first kappa shape index (κ1) is 13.5. The lowest BCUT2D eigenvalue weighted by molar-refractivity contribution is -0.217. The Hall–Kier alpha value is -0.540. The molecule has 0 aliphatic heterocycles. The lowest BCUT2D eigenvalue weighted by Gasteiger charge is -2.30. The number of unbranched alkanes of at least 4 members (excludes halogenated alkanes) is 1. The van der Waals surface area contributed by atoms with Crippen molar-refractivity contribution in [1.29, 1.82) is 0 Å². The molecule has 1 unspecified atom stereocenters. The molecule has 1 atom stereocenters. The number of carbonyl (C=O) groups excluding carboxylic acids is 1. The summed E-state index contributed by atoms with van der Waals surface area (Å²) in [5.41, 5.74) is -2.14. The van der Waals surface area contributed by atoms with E-state index in [9.17, 15) is 18.0 Å². The van der Waals surface area contributed by atoms with Gasteiger partial charge in [-0.2, -0.15) is 13.2 Å². The standard InChI is InChI=1S/C10H17F3O/c1-4-6-7-9(3,8(14)5-2)10(11,12)13/h4-7H2,1-3H3. The normalized spacial score (nSPS) is 16.4. The van der Waals surface area contributed by atoms with Crippen molar-refractivity contribution in [3.63, 3.8) is 0 Å². The van der Waals surface area contributed by atoms with Gasteiger partial charge in [0.05, 0.1) is 0 Å². The Balaban J connectivity index is 4.76. The second kappa shape index (κ2) is 4.80. The van der Waals surface area contributed by atoms with E-state index in [-0.39, 0.29) is 12.8 Å². The topological polar surface area (TPSA) is 17.1 Å². The van der Waals surface area contributed by atoms with E-state index in [1.54, 1.807) is 0 Å². The third-order valence-corrected chi connectivity index (χ3v) is 2.59. The fourth-order valence-electron chi connectivity index (χ4n) is 1.36. The van der Waals surface area contributed by atoms with Crippen LogP contribution in [0.15, 0.2) is 0 Å². The molecule has 14 heavy (non-hydrogen) atoms. The molecule has 0 aromatic carbocycles. The third kappa shape index (κ3) is 2.72. The first-order valence-corrected chi connectivity index (χ1v) is 4.89. The minimum atomic E-state index is -4.42. The minimum absolute atomic E-state index is 0.0558. The Morgan fingerprint density at radius 3 is 2.00 bits per heavy atom. The van der Waals surface area contributed by atoms with Crippen molar-refractivity contribution in [2.75, 3.05) is 0 Å². The molecule has 0 bridgehead atoms. The van der Waals surface area contributed by atoms with Gasteiger partial charge in [0.1, 0.15) is 11.2 Å². The number of carbonyl (C=O) groups is 1. The largest absolute Gasteiger partial charge is 0.401 e. The van der Waals surface area contributed by atoms with Gasteiger partial charge in [-0.1, -0.05) is 26.7 Å². The van der Waals surface area contributed by atoms with Crippen LogP contribution in [0.3, 0.4) is 0 Å². The third-order valence-electron chi connectivity index (χ3n) is 2.59. The van der Waals surface area contributed by atoms with E-state index in [0.717, 1.165) is 6.92 Å². The molecular weight excluding hydrogens is 193 g/mol. The molecule has 0 saturated carbocycles. The maximum atomic E-state index is 12.6. The molecule has 0 radical (unpaired) electrons. The van der Waals surface area contributed by atoms with Crippen molar-refractivity contribution in [2.24, 2.45) is 5.41 Å². The van der Waals surface area contributed by atoms with Crippen molar-refractivity contribution in [2.45, 2.75) is 52.6 Å². The van der Waals surface area contributed by atoms with Gasteiger partial charge in [0.15, 0.2) is 0 Å². The number of halogens is 3. The first-order valence-electron chi connectivity index (χ1n) is 4.89. The zero-order valence-electron chi connectivity index (χ0n) is 8.87. The molecule has 84 valence electrons. The summed E-state index contributed by atoms with van der Waals surface area (Å²) >= 11 is 0. The lowest BCUT2D eigenvalue weighted by Crippen LogP contribution is -2.42. The lowest BCUT2D eigenvalue weighted by atomic mass is 9.79. The quantitative estimate of drug-likeness (QED) is 0.675. The number of Topliss-reactive ketones (excluding diaryl/α,β-unsaturated/α-hetero) is 1. The maximum absolute atomic E-state index is 12.6. The Labute approximate surface area is 82.7 Å². The minimum Gasteiger partial charge on any atom is -0.299 e. The molecule has 0 rings (SSSR count). The van der Waals surface area contributed by atoms with E-state index in [1.807, 2.05) is 6.92 Å². The maximum Gasteiger partial charge on any atom is 0.401 e. The van der Waals surface area contributed by atoms with E-state index in [4.69, 9.17) is 0 Å². The van der Waals surface area contributed by atoms with Crippen LogP contribution in [-0.2, 0) is 4.79 Å². The highest BCUT2D eigenvalue weighted by Gasteiger charge is 2.54. The number of alkyl halides is 3. The second-order valence-electron chi connectivity index (χ2n) is 3.71. The summed E-state index contributed by atoms with van der Waals surface area (Å²) in [4.78, 5) is 11.3. The van der Waals surface area contributed by atoms with Gasteiger partial charge in [0.2, 0.25) is 0 Å². The fourth-order valence-corrected chi connectivity index (χ4v) is 1.36. The number of hydrogen-bond donors (Lipinski definition) is 0. The van der Waals surface area contributed by atoms with Crippen LogP contribution in [0.4, 0.5) is 13.2 Å². The van der Waals surface area contributed by atoms with Gasteiger partial charge in [-0.25, -0.2) is 0 Å². The highest BCUT2D eigenvalue weighted by atomic mass is 19.4. The summed E-state index contributed by atoms with van der Waals surface area (Å²) in [6.07, 6.45) is -3.47. The SMILES string of the molecule is CCCCC(C)(C(=O)CC)C(F)(F)F. The van der Waals surface area contributed by atoms with Crippen molar-refractivity contribution in [1.82, 2.24) is 0 Å².